The molecule has 2 bridgehead atoms. The number of fused-ring (bicyclic) bond motifs is 2. The van der Waals surface area contributed by atoms with Gasteiger partial charge in [0.15, 0.2) is 11.4 Å². The smallest absolute Gasteiger partial charge is 0.255 e. The van der Waals surface area contributed by atoms with Gasteiger partial charge in [0.2, 0.25) is 0 Å². The number of Topliss-reactive ketones (excluding diaryl/α,β-unsaturated/α-hetero) is 1. The second-order valence-electron chi connectivity index (χ2n) is 4.55. The van der Waals surface area contributed by atoms with Crippen LogP contribution in [0.2, 0.25) is 0 Å². The molecular formula is C9H13NO4. The fourth-order valence-corrected chi connectivity index (χ4v) is 2.80. The normalized spacial score (nSPS) is 46.7. The van der Waals surface area contributed by atoms with E-state index < -0.39 is 16.1 Å². The lowest BCUT2D eigenvalue weighted by Crippen LogP contribution is -2.57. The quantitative estimate of drug-likeness (QED) is 0.493. The van der Waals surface area contributed by atoms with Crippen molar-refractivity contribution in [3.05, 3.63) is 10.1 Å². The zero-order valence-corrected chi connectivity index (χ0v) is 8.02. The molecule has 0 aromatic heterocycles. The summed E-state index contributed by atoms with van der Waals surface area (Å²) in [6.07, 6.45) is 1.82. The van der Waals surface area contributed by atoms with Crippen LogP contribution in [0.4, 0.5) is 0 Å². The molecule has 2 saturated carbocycles. The number of nitrogens with zero attached hydrogens (tertiary/aromatic N) is 1. The number of hydrogen-bond donors (Lipinski definition) is 1. The standard InChI is InChI=1S/C9H13NO4/c1-8(10(13)14)5-6-3-2-4-9(8,12)7(6)11/h6,12H,2-5H2,1H3/t6-,8-,9+/m0/s1. The van der Waals surface area contributed by atoms with Gasteiger partial charge in [0.1, 0.15) is 0 Å². The van der Waals surface area contributed by atoms with Crippen molar-refractivity contribution < 1.29 is 14.8 Å². The van der Waals surface area contributed by atoms with E-state index in [1.807, 2.05) is 0 Å². The monoisotopic (exact) mass is 199 g/mol. The summed E-state index contributed by atoms with van der Waals surface area (Å²) in [5, 5.41) is 21.0. The first-order valence-corrected chi connectivity index (χ1v) is 4.83. The van der Waals surface area contributed by atoms with Gasteiger partial charge in [-0.25, -0.2) is 0 Å². The average molecular weight is 199 g/mol. The molecule has 0 aromatic carbocycles. The van der Waals surface area contributed by atoms with E-state index in [9.17, 15) is 20.0 Å². The molecule has 0 heterocycles. The van der Waals surface area contributed by atoms with E-state index >= 15 is 0 Å². The van der Waals surface area contributed by atoms with Crippen molar-refractivity contribution in [2.24, 2.45) is 5.92 Å². The van der Waals surface area contributed by atoms with E-state index in [-0.39, 0.29) is 24.5 Å². The van der Waals surface area contributed by atoms with Crippen molar-refractivity contribution in [3.63, 3.8) is 0 Å². The van der Waals surface area contributed by atoms with E-state index in [0.717, 1.165) is 0 Å². The molecule has 5 heteroatoms. The van der Waals surface area contributed by atoms with Crippen molar-refractivity contribution in [3.8, 4) is 0 Å². The number of rotatable bonds is 1. The second-order valence-corrected chi connectivity index (χ2v) is 4.55. The summed E-state index contributed by atoms with van der Waals surface area (Å²) in [6, 6.07) is 0. The summed E-state index contributed by atoms with van der Waals surface area (Å²) in [6.45, 7) is 1.39. The number of aliphatic hydroxyl groups is 1. The Balaban J connectivity index is 2.48. The zero-order chi connectivity index (χ0) is 10.6. The maximum atomic E-state index is 11.7. The third-order valence-electron chi connectivity index (χ3n) is 3.81. The first kappa shape index (κ1) is 9.58. The van der Waals surface area contributed by atoms with Gasteiger partial charge in [0.25, 0.3) is 5.54 Å². The number of ketones is 1. The minimum Gasteiger partial charge on any atom is -0.375 e. The molecule has 0 amide bonds. The first-order chi connectivity index (χ1) is 6.42. The predicted octanol–water partition coefficient (Wildman–Crippen LogP) is 0.526. The third kappa shape index (κ3) is 0.855. The van der Waals surface area contributed by atoms with Gasteiger partial charge in [-0.2, -0.15) is 0 Å². The molecule has 1 N–H and O–H groups in total. The zero-order valence-electron chi connectivity index (χ0n) is 8.02. The number of nitro groups is 1. The minimum absolute atomic E-state index is 0.190. The van der Waals surface area contributed by atoms with Crippen LogP contribution in [0.15, 0.2) is 0 Å². The summed E-state index contributed by atoms with van der Waals surface area (Å²) in [5.41, 5.74) is -3.18. The Morgan fingerprint density at radius 2 is 2.29 bits per heavy atom. The molecule has 0 spiro atoms. The Hall–Kier alpha value is -0.970. The summed E-state index contributed by atoms with van der Waals surface area (Å²) in [4.78, 5) is 22.1. The lowest BCUT2D eigenvalue weighted by molar-refractivity contribution is -0.583. The highest BCUT2D eigenvalue weighted by Gasteiger charge is 2.70. The lowest BCUT2D eigenvalue weighted by atomic mass is 9.78. The fraction of sp³-hybridized carbons (Fsp3) is 0.889. The number of hydrogen-bond acceptors (Lipinski definition) is 4. The Morgan fingerprint density at radius 1 is 1.64 bits per heavy atom. The highest BCUT2D eigenvalue weighted by atomic mass is 16.6. The Labute approximate surface area is 81.3 Å². The van der Waals surface area contributed by atoms with Crippen LogP contribution in [0.3, 0.4) is 0 Å². The van der Waals surface area contributed by atoms with E-state index in [1.54, 1.807) is 0 Å². The molecule has 2 aliphatic carbocycles. The van der Waals surface area contributed by atoms with Gasteiger partial charge in [-0.05, 0) is 19.3 Å². The van der Waals surface area contributed by atoms with E-state index in [0.29, 0.717) is 12.8 Å². The van der Waals surface area contributed by atoms with Crippen LogP contribution >= 0.6 is 0 Å². The summed E-state index contributed by atoms with van der Waals surface area (Å²) < 4.78 is 0. The van der Waals surface area contributed by atoms with Crippen molar-refractivity contribution >= 4 is 5.78 Å². The van der Waals surface area contributed by atoms with E-state index in [1.165, 1.54) is 6.92 Å². The van der Waals surface area contributed by atoms with Crippen molar-refractivity contribution in [1.82, 2.24) is 0 Å². The van der Waals surface area contributed by atoms with Gasteiger partial charge in [-0.3, -0.25) is 14.9 Å². The van der Waals surface area contributed by atoms with Crippen molar-refractivity contribution in [1.29, 1.82) is 0 Å². The average Bonchev–Trinajstić information content (AvgIpc) is 2.26. The van der Waals surface area contributed by atoms with E-state index in [4.69, 9.17) is 0 Å². The minimum atomic E-state index is -1.71. The topological polar surface area (TPSA) is 80.4 Å². The van der Waals surface area contributed by atoms with E-state index in [2.05, 4.69) is 0 Å². The van der Waals surface area contributed by atoms with Gasteiger partial charge < -0.3 is 5.11 Å². The van der Waals surface area contributed by atoms with Crippen molar-refractivity contribution in [2.75, 3.05) is 0 Å². The van der Waals surface area contributed by atoms with Gasteiger partial charge >= 0.3 is 0 Å². The molecule has 0 saturated heterocycles. The molecule has 0 radical (unpaired) electrons. The number of carbonyl (C=O) groups excluding carboxylic acids is 1. The van der Waals surface area contributed by atoms with Crippen molar-refractivity contribution in [2.45, 2.75) is 43.7 Å². The van der Waals surface area contributed by atoms with Gasteiger partial charge in [-0.1, -0.05) is 0 Å². The van der Waals surface area contributed by atoms with Crippen LogP contribution in [0.5, 0.6) is 0 Å². The second kappa shape index (κ2) is 2.53. The highest BCUT2D eigenvalue weighted by Crippen LogP contribution is 2.49. The van der Waals surface area contributed by atoms with Crippen LogP contribution in [0.1, 0.15) is 32.6 Å². The molecule has 78 valence electrons. The Morgan fingerprint density at radius 3 is 2.79 bits per heavy atom. The molecule has 2 aliphatic rings. The molecule has 5 nitrogen and oxygen atoms in total. The third-order valence-corrected chi connectivity index (χ3v) is 3.81. The number of carbonyl (C=O) groups is 1. The Kier molecular flexibility index (Phi) is 1.73. The lowest BCUT2D eigenvalue weighted by Gasteiger charge is -2.31. The highest BCUT2D eigenvalue weighted by molar-refractivity contribution is 5.93. The van der Waals surface area contributed by atoms with Crippen LogP contribution < -0.4 is 0 Å². The molecular weight excluding hydrogens is 186 g/mol. The summed E-state index contributed by atoms with van der Waals surface area (Å²) in [5.74, 6) is -0.618. The molecule has 14 heavy (non-hydrogen) atoms. The van der Waals surface area contributed by atoms with Gasteiger partial charge in [0.05, 0.1) is 0 Å². The first-order valence-electron chi connectivity index (χ1n) is 4.83. The maximum absolute atomic E-state index is 11.7. The van der Waals surface area contributed by atoms with Gasteiger partial charge in [0, 0.05) is 24.2 Å². The molecule has 0 aliphatic heterocycles. The molecule has 0 aromatic rings. The fourth-order valence-electron chi connectivity index (χ4n) is 2.80. The Bertz CT molecular complexity index is 314. The van der Waals surface area contributed by atoms with Crippen LogP contribution in [-0.4, -0.2) is 27.0 Å². The predicted molar refractivity (Wildman–Crippen MR) is 47.3 cm³/mol. The van der Waals surface area contributed by atoms with Crippen LogP contribution in [-0.2, 0) is 4.79 Å². The summed E-state index contributed by atoms with van der Waals surface area (Å²) >= 11 is 0. The van der Waals surface area contributed by atoms with Crippen LogP contribution in [0.25, 0.3) is 0 Å². The molecule has 3 atom stereocenters. The summed E-state index contributed by atoms with van der Waals surface area (Å²) in [7, 11) is 0. The van der Waals surface area contributed by atoms with Gasteiger partial charge in [-0.15, -0.1) is 0 Å². The largest absolute Gasteiger partial charge is 0.375 e. The SMILES string of the molecule is C[C@]1([N+](=O)[O-])C[C@@H]2CCC[C@@]1(O)C2=O. The van der Waals surface area contributed by atoms with Crippen LogP contribution in [0, 0.1) is 16.0 Å². The maximum Gasteiger partial charge on any atom is 0.255 e. The molecule has 0 unspecified atom stereocenters. The molecule has 2 rings (SSSR count). The molecule has 2 fully saturated rings.